The van der Waals surface area contributed by atoms with Crippen LogP contribution >= 0.6 is 0 Å². The molecule has 1 aliphatic rings. The maximum Gasteiger partial charge on any atom is 0.169 e. The summed E-state index contributed by atoms with van der Waals surface area (Å²) in [5.74, 6) is 0.371. The molecular formula is C14H21NO3. The molecule has 1 saturated carbocycles. The van der Waals surface area contributed by atoms with Crippen LogP contribution in [0.3, 0.4) is 0 Å². The highest BCUT2D eigenvalue weighted by Crippen LogP contribution is 2.52. The lowest BCUT2D eigenvalue weighted by molar-refractivity contribution is -0.277. The van der Waals surface area contributed by atoms with Crippen LogP contribution in [-0.4, -0.2) is 33.7 Å². The first-order chi connectivity index (χ1) is 8.63. The van der Waals surface area contributed by atoms with E-state index in [9.17, 15) is 0 Å². The summed E-state index contributed by atoms with van der Waals surface area (Å²) in [6.07, 6.45) is 1.55. The lowest BCUT2D eigenvalue weighted by atomic mass is 9.60. The Morgan fingerprint density at radius 3 is 2.33 bits per heavy atom. The van der Waals surface area contributed by atoms with Crippen molar-refractivity contribution in [2.45, 2.75) is 24.0 Å². The molecule has 2 N–H and O–H groups in total. The Balaban J connectivity index is 2.25. The van der Waals surface area contributed by atoms with E-state index in [4.69, 9.17) is 19.9 Å². The Kier molecular flexibility index (Phi) is 3.61. The van der Waals surface area contributed by atoms with Crippen LogP contribution in [0, 0.1) is 0 Å². The van der Waals surface area contributed by atoms with Crippen LogP contribution in [0.15, 0.2) is 24.3 Å². The topological polar surface area (TPSA) is 53.7 Å². The van der Waals surface area contributed by atoms with Crippen LogP contribution in [0.2, 0.25) is 0 Å². The van der Waals surface area contributed by atoms with Gasteiger partial charge in [-0.3, -0.25) is 0 Å². The van der Waals surface area contributed by atoms with Crippen molar-refractivity contribution in [3.63, 3.8) is 0 Å². The fourth-order valence-corrected chi connectivity index (χ4v) is 2.77. The predicted molar refractivity (Wildman–Crippen MR) is 69.7 cm³/mol. The van der Waals surface area contributed by atoms with Crippen LogP contribution in [0.4, 0.5) is 0 Å². The Hall–Kier alpha value is -1.10. The normalized spacial score (nSPS) is 20.2. The van der Waals surface area contributed by atoms with E-state index >= 15 is 0 Å². The minimum absolute atomic E-state index is 0.0689. The van der Waals surface area contributed by atoms with Gasteiger partial charge in [0.1, 0.15) is 5.75 Å². The molecule has 0 heterocycles. The third kappa shape index (κ3) is 2.00. The average molecular weight is 251 g/mol. The maximum absolute atomic E-state index is 5.97. The van der Waals surface area contributed by atoms with Gasteiger partial charge in [0.25, 0.3) is 0 Å². The molecule has 0 aliphatic heterocycles. The van der Waals surface area contributed by atoms with Gasteiger partial charge >= 0.3 is 0 Å². The highest BCUT2D eigenvalue weighted by Gasteiger charge is 2.56. The molecule has 4 heteroatoms. The summed E-state index contributed by atoms with van der Waals surface area (Å²) in [4.78, 5) is 0. The SMILES string of the molecule is COc1cccc(C2(CN)CC(OC)(OC)C2)c1. The van der Waals surface area contributed by atoms with Gasteiger partial charge in [-0.2, -0.15) is 0 Å². The van der Waals surface area contributed by atoms with E-state index in [1.807, 2.05) is 18.2 Å². The molecule has 1 aliphatic carbocycles. The molecule has 4 nitrogen and oxygen atoms in total. The van der Waals surface area contributed by atoms with Crippen molar-refractivity contribution < 1.29 is 14.2 Å². The van der Waals surface area contributed by atoms with Crippen LogP contribution < -0.4 is 10.5 Å². The van der Waals surface area contributed by atoms with Gasteiger partial charge in [0, 0.05) is 39.0 Å². The molecule has 0 unspecified atom stereocenters. The molecule has 0 radical (unpaired) electrons. The summed E-state index contributed by atoms with van der Waals surface area (Å²) in [5, 5.41) is 0. The quantitative estimate of drug-likeness (QED) is 0.809. The summed E-state index contributed by atoms with van der Waals surface area (Å²) in [7, 11) is 5.02. The molecule has 1 fully saturated rings. The van der Waals surface area contributed by atoms with Crippen molar-refractivity contribution in [2.75, 3.05) is 27.9 Å². The van der Waals surface area contributed by atoms with E-state index in [2.05, 4.69) is 6.07 Å². The average Bonchev–Trinajstić information content (AvgIpc) is 2.40. The zero-order chi connectivity index (χ0) is 13.2. The second kappa shape index (κ2) is 4.88. The fraction of sp³-hybridized carbons (Fsp3) is 0.571. The number of methoxy groups -OCH3 is 3. The Morgan fingerprint density at radius 1 is 1.17 bits per heavy atom. The van der Waals surface area contributed by atoms with E-state index in [1.165, 1.54) is 5.56 Å². The van der Waals surface area contributed by atoms with Gasteiger partial charge < -0.3 is 19.9 Å². The third-order valence-electron chi connectivity index (χ3n) is 4.03. The summed E-state index contributed by atoms with van der Waals surface area (Å²) in [6, 6.07) is 8.06. The van der Waals surface area contributed by atoms with Crippen molar-refractivity contribution in [3.05, 3.63) is 29.8 Å². The minimum atomic E-state index is -0.484. The standard InChI is InChI=1S/C14H21NO3/c1-16-12-6-4-5-11(7-12)13(10-15)8-14(9-13,17-2)18-3/h4-7H,8-10,15H2,1-3H3. The van der Waals surface area contributed by atoms with Crippen molar-refractivity contribution in [1.82, 2.24) is 0 Å². The molecule has 0 amide bonds. The molecule has 0 atom stereocenters. The fourth-order valence-electron chi connectivity index (χ4n) is 2.77. The smallest absolute Gasteiger partial charge is 0.169 e. The molecule has 1 aromatic rings. The highest BCUT2D eigenvalue weighted by molar-refractivity contribution is 5.37. The largest absolute Gasteiger partial charge is 0.497 e. The maximum atomic E-state index is 5.97. The summed E-state index contributed by atoms with van der Waals surface area (Å²) in [5.41, 5.74) is 7.09. The minimum Gasteiger partial charge on any atom is -0.497 e. The molecule has 0 saturated heterocycles. The first-order valence-corrected chi connectivity index (χ1v) is 6.08. The van der Waals surface area contributed by atoms with Gasteiger partial charge in [0.2, 0.25) is 0 Å². The summed E-state index contributed by atoms with van der Waals surface area (Å²) < 4.78 is 16.2. The molecule has 2 rings (SSSR count). The van der Waals surface area contributed by atoms with Gasteiger partial charge in [-0.05, 0) is 17.7 Å². The monoisotopic (exact) mass is 251 g/mol. The second-order valence-electron chi connectivity index (χ2n) is 4.89. The number of rotatable bonds is 5. The van der Waals surface area contributed by atoms with Crippen molar-refractivity contribution in [3.8, 4) is 5.75 Å². The molecule has 18 heavy (non-hydrogen) atoms. The first-order valence-electron chi connectivity index (χ1n) is 6.08. The molecule has 100 valence electrons. The molecule has 0 spiro atoms. The van der Waals surface area contributed by atoms with Gasteiger partial charge in [0.05, 0.1) is 7.11 Å². The van der Waals surface area contributed by atoms with Crippen LogP contribution in [0.5, 0.6) is 5.75 Å². The molecule has 1 aromatic carbocycles. The molecular weight excluding hydrogens is 230 g/mol. The van der Waals surface area contributed by atoms with Crippen molar-refractivity contribution >= 4 is 0 Å². The first kappa shape index (κ1) is 13.3. The Labute approximate surface area is 108 Å². The zero-order valence-corrected chi connectivity index (χ0v) is 11.2. The van der Waals surface area contributed by atoms with E-state index in [1.54, 1.807) is 21.3 Å². The molecule has 0 bridgehead atoms. The number of hydrogen-bond acceptors (Lipinski definition) is 4. The highest BCUT2D eigenvalue weighted by atomic mass is 16.7. The third-order valence-corrected chi connectivity index (χ3v) is 4.03. The van der Waals surface area contributed by atoms with Gasteiger partial charge in [-0.25, -0.2) is 0 Å². The van der Waals surface area contributed by atoms with Crippen LogP contribution in [-0.2, 0) is 14.9 Å². The van der Waals surface area contributed by atoms with E-state index < -0.39 is 5.79 Å². The van der Waals surface area contributed by atoms with E-state index in [0.717, 1.165) is 18.6 Å². The number of nitrogens with two attached hydrogens (primary N) is 1. The van der Waals surface area contributed by atoms with Gasteiger partial charge in [-0.15, -0.1) is 0 Å². The van der Waals surface area contributed by atoms with Gasteiger partial charge in [0.15, 0.2) is 5.79 Å². The predicted octanol–water partition coefficient (Wildman–Crippen LogP) is 1.67. The lowest BCUT2D eigenvalue weighted by Gasteiger charge is -2.54. The van der Waals surface area contributed by atoms with Crippen molar-refractivity contribution in [2.24, 2.45) is 5.73 Å². The van der Waals surface area contributed by atoms with Crippen LogP contribution in [0.1, 0.15) is 18.4 Å². The number of benzene rings is 1. The van der Waals surface area contributed by atoms with Gasteiger partial charge in [-0.1, -0.05) is 12.1 Å². The number of ether oxygens (including phenoxy) is 3. The van der Waals surface area contributed by atoms with Crippen molar-refractivity contribution in [1.29, 1.82) is 0 Å². The molecule has 0 aromatic heterocycles. The second-order valence-corrected chi connectivity index (χ2v) is 4.89. The van der Waals surface area contributed by atoms with Crippen LogP contribution in [0.25, 0.3) is 0 Å². The Morgan fingerprint density at radius 2 is 1.83 bits per heavy atom. The number of hydrogen-bond donors (Lipinski definition) is 1. The van der Waals surface area contributed by atoms with E-state index in [-0.39, 0.29) is 5.41 Å². The lowest BCUT2D eigenvalue weighted by Crippen LogP contribution is -2.60. The summed E-state index contributed by atoms with van der Waals surface area (Å²) >= 11 is 0. The Bertz CT molecular complexity index is 407. The zero-order valence-electron chi connectivity index (χ0n) is 11.2. The van der Waals surface area contributed by atoms with E-state index in [0.29, 0.717) is 6.54 Å². The summed E-state index contributed by atoms with van der Waals surface area (Å²) in [6.45, 7) is 0.578.